The number of hydrogen-bond acceptors (Lipinski definition) is 0. The Labute approximate surface area is 70.3 Å². The van der Waals surface area contributed by atoms with Crippen LogP contribution in [0.15, 0.2) is 0 Å². The standard InChI is InChI=1S/2C2H6.C2H5.CH4.W/c3*1-2;;/h2*1-2H3;1H2,2H3;1H4;/q;;-1;;. The fraction of sp³-hybridized carbons (Fsp3) is 0.857. The maximum atomic E-state index is 3.25. The molecule has 0 spiro atoms. The van der Waals surface area contributed by atoms with E-state index in [0.29, 0.717) is 0 Å². The minimum atomic E-state index is 0. The predicted molar refractivity (Wildman–Crippen MR) is 40.5 cm³/mol. The van der Waals surface area contributed by atoms with Crippen molar-refractivity contribution in [3.05, 3.63) is 6.92 Å². The third kappa shape index (κ3) is 457. The van der Waals surface area contributed by atoms with E-state index in [1.807, 2.05) is 27.7 Å². The van der Waals surface area contributed by atoms with Crippen molar-refractivity contribution in [3.8, 4) is 0 Å². The molecule has 0 rings (SSSR count). The summed E-state index contributed by atoms with van der Waals surface area (Å²) >= 11 is 0. The molecular formula is C7H21W-. The van der Waals surface area contributed by atoms with Crippen LogP contribution in [0.5, 0.6) is 0 Å². The zero-order chi connectivity index (χ0) is 6.00. The monoisotopic (exact) mass is 289 g/mol. The molecular weight excluding hydrogens is 268 g/mol. The fourth-order valence-corrected chi connectivity index (χ4v) is 0. The molecule has 0 radical (unpaired) electrons. The van der Waals surface area contributed by atoms with Crippen molar-refractivity contribution in [2.45, 2.75) is 42.0 Å². The summed E-state index contributed by atoms with van der Waals surface area (Å²) in [6, 6.07) is 0. The van der Waals surface area contributed by atoms with Crippen molar-refractivity contribution >= 4 is 0 Å². The molecule has 0 heterocycles. The summed E-state index contributed by atoms with van der Waals surface area (Å²) in [7, 11) is 0. The van der Waals surface area contributed by atoms with Gasteiger partial charge in [0, 0.05) is 21.1 Å². The van der Waals surface area contributed by atoms with E-state index < -0.39 is 0 Å². The minimum Gasteiger partial charge on any atom is -0.346 e. The van der Waals surface area contributed by atoms with Gasteiger partial charge in [0.2, 0.25) is 0 Å². The first-order chi connectivity index (χ1) is 3.00. The predicted octanol–water partition coefficient (Wildman–Crippen LogP) is 3.53. The molecule has 0 nitrogen and oxygen atoms in total. The van der Waals surface area contributed by atoms with Crippen molar-refractivity contribution in [3.63, 3.8) is 0 Å². The van der Waals surface area contributed by atoms with Gasteiger partial charge >= 0.3 is 0 Å². The maximum Gasteiger partial charge on any atom is 0 e. The van der Waals surface area contributed by atoms with Crippen molar-refractivity contribution in [1.29, 1.82) is 0 Å². The first-order valence-corrected chi connectivity index (χ1v) is 2.71. The molecule has 8 heavy (non-hydrogen) atoms. The Morgan fingerprint density at radius 3 is 0.750 bits per heavy atom. The Balaban J connectivity index is -0.00000000500. The Morgan fingerprint density at radius 1 is 0.750 bits per heavy atom. The van der Waals surface area contributed by atoms with Crippen LogP contribution in [0.25, 0.3) is 0 Å². The van der Waals surface area contributed by atoms with E-state index in [-0.39, 0.29) is 28.5 Å². The molecule has 0 aliphatic carbocycles. The van der Waals surface area contributed by atoms with Gasteiger partial charge in [0.05, 0.1) is 0 Å². The van der Waals surface area contributed by atoms with E-state index in [0.717, 1.165) is 0 Å². The van der Waals surface area contributed by atoms with E-state index in [1.54, 1.807) is 6.92 Å². The first-order valence-electron chi connectivity index (χ1n) is 2.71. The zero-order valence-corrected chi connectivity index (χ0v) is 9.05. The topological polar surface area (TPSA) is 0 Å². The number of rotatable bonds is 0. The van der Waals surface area contributed by atoms with Gasteiger partial charge in [-0.1, -0.05) is 35.1 Å². The molecule has 0 atom stereocenters. The van der Waals surface area contributed by atoms with E-state index in [4.69, 9.17) is 0 Å². The van der Waals surface area contributed by atoms with Gasteiger partial charge in [-0.05, 0) is 0 Å². The molecule has 0 bridgehead atoms. The average Bonchev–Trinajstić information content (AvgIpc) is 1.81. The largest absolute Gasteiger partial charge is 0.346 e. The molecule has 0 aliphatic heterocycles. The van der Waals surface area contributed by atoms with Gasteiger partial charge in [-0.3, -0.25) is 0 Å². The Kier molecular flexibility index (Phi) is 3430. The molecule has 0 aromatic heterocycles. The Bertz CT molecular complexity index is 4.35. The summed E-state index contributed by atoms with van der Waals surface area (Å²) in [6.45, 7) is 13.0. The van der Waals surface area contributed by atoms with Crippen LogP contribution in [0.2, 0.25) is 0 Å². The Morgan fingerprint density at radius 2 is 0.750 bits per heavy atom. The van der Waals surface area contributed by atoms with Crippen LogP contribution in [0, 0.1) is 6.92 Å². The van der Waals surface area contributed by atoms with E-state index >= 15 is 0 Å². The van der Waals surface area contributed by atoms with Crippen LogP contribution in [-0.2, 0) is 21.1 Å². The van der Waals surface area contributed by atoms with E-state index in [9.17, 15) is 0 Å². The van der Waals surface area contributed by atoms with Gasteiger partial charge in [-0.2, -0.15) is 6.92 Å². The van der Waals surface area contributed by atoms with Crippen LogP contribution < -0.4 is 0 Å². The molecule has 56 valence electrons. The summed E-state index contributed by atoms with van der Waals surface area (Å²) in [5.74, 6) is 0. The van der Waals surface area contributed by atoms with Crippen LogP contribution in [0.4, 0.5) is 0 Å². The maximum absolute atomic E-state index is 3.25. The third-order valence-electron chi connectivity index (χ3n) is 0. The van der Waals surface area contributed by atoms with Crippen LogP contribution >= 0.6 is 0 Å². The average molecular weight is 289 g/mol. The van der Waals surface area contributed by atoms with E-state index in [1.165, 1.54) is 0 Å². The van der Waals surface area contributed by atoms with Gasteiger partial charge < -0.3 is 6.92 Å². The smallest absolute Gasteiger partial charge is 0 e. The molecule has 0 saturated carbocycles. The van der Waals surface area contributed by atoms with Gasteiger partial charge in [0.1, 0.15) is 0 Å². The summed E-state index contributed by atoms with van der Waals surface area (Å²) < 4.78 is 0. The van der Waals surface area contributed by atoms with Crippen molar-refractivity contribution in [2.24, 2.45) is 0 Å². The molecule has 0 unspecified atom stereocenters. The fourth-order valence-electron chi connectivity index (χ4n) is 0. The number of hydrogen-bond donors (Lipinski definition) is 0. The van der Waals surface area contributed by atoms with Crippen LogP contribution in [0.3, 0.4) is 0 Å². The second-order valence-electron chi connectivity index (χ2n) is 0. The van der Waals surface area contributed by atoms with E-state index in [2.05, 4.69) is 6.92 Å². The second kappa shape index (κ2) is 726. The molecule has 0 fully saturated rings. The summed E-state index contributed by atoms with van der Waals surface area (Å²) in [5, 5.41) is 0. The normalized spacial score (nSPS) is 2.25. The van der Waals surface area contributed by atoms with Crippen molar-refractivity contribution in [2.75, 3.05) is 0 Å². The Hall–Kier alpha value is 0.688. The molecule has 0 saturated heterocycles. The molecule has 0 aliphatic rings. The molecule has 0 amide bonds. The van der Waals surface area contributed by atoms with Crippen LogP contribution in [0.1, 0.15) is 42.0 Å². The summed E-state index contributed by atoms with van der Waals surface area (Å²) in [5.41, 5.74) is 0. The van der Waals surface area contributed by atoms with Gasteiger partial charge in [0.25, 0.3) is 0 Å². The van der Waals surface area contributed by atoms with Crippen molar-refractivity contribution < 1.29 is 21.1 Å². The SMILES string of the molecule is C.CC.CC.[CH2-]C.[W]. The molecule has 0 N–H and O–H groups in total. The quantitative estimate of drug-likeness (QED) is 0.598. The third-order valence-corrected chi connectivity index (χ3v) is 0. The summed E-state index contributed by atoms with van der Waals surface area (Å²) in [6.07, 6.45) is 0. The summed E-state index contributed by atoms with van der Waals surface area (Å²) in [4.78, 5) is 0. The first kappa shape index (κ1) is 37.8. The molecule has 0 aromatic carbocycles. The van der Waals surface area contributed by atoms with Gasteiger partial charge in [-0.25, -0.2) is 0 Å². The van der Waals surface area contributed by atoms with Crippen molar-refractivity contribution in [1.82, 2.24) is 0 Å². The van der Waals surface area contributed by atoms with Gasteiger partial charge in [0.15, 0.2) is 0 Å². The second-order valence-corrected chi connectivity index (χ2v) is 0. The van der Waals surface area contributed by atoms with Gasteiger partial charge in [-0.15, -0.1) is 0 Å². The van der Waals surface area contributed by atoms with Crippen LogP contribution in [-0.4, -0.2) is 0 Å². The molecule has 1 heteroatoms. The zero-order valence-electron chi connectivity index (χ0n) is 6.12. The minimum absolute atomic E-state index is 0. The molecule has 0 aromatic rings.